The van der Waals surface area contributed by atoms with Crippen LogP contribution >= 0.6 is 0 Å². The maximum absolute atomic E-state index is 12.6. The molecule has 8 heteroatoms. The summed E-state index contributed by atoms with van der Waals surface area (Å²) in [4.78, 5) is 11.3. The van der Waals surface area contributed by atoms with E-state index in [1.807, 2.05) is 5.43 Å². The molecule has 1 aromatic carbocycles. The molecule has 0 saturated heterocycles. The highest BCUT2D eigenvalue weighted by atomic mass is 32.2. The van der Waals surface area contributed by atoms with Gasteiger partial charge in [-0.2, -0.15) is 4.31 Å². The van der Waals surface area contributed by atoms with Gasteiger partial charge in [-0.25, -0.2) is 14.3 Å². The van der Waals surface area contributed by atoms with Crippen molar-refractivity contribution in [2.24, 2.45) is 5.84 Å². The molecule has 0 atom stereocenters. The van der Waals surface area contributed by atoms with Crippen molar-refractivity contribution in [3.63, 3.8) is 0 Å². The second-order valence-electron chi connectivity index (χ2n) is 4.15. The number of benzene rings is 1. The first-order valence-electron chi connectivity index (χ1n) is 6.01. The van der Waals surface area contributed by atoms with Crippen LogP contribution < -0.4 is 16.0 Å². The molecule has 0 saturated carbocycles. The Hall–Kier alpha value is -1.64. The quantitative estimate of drug-likeness (QED) is 0.437. The van der Waals surface area contributed by atoms with Crippen LogP contribution in [-0.2, 0) is 14.8 Å². The van der Waals surface area contributed by atoms with Gasteiger partial charge in [0, 0.05) is 6.54 Å². The number of carbonyl (C=O) groups excluding carboxylic acids is 1. The smallest absolute Gasteiger partial charge is 0.249 e. The van der Waals surface area contributed by atoms with Gasteiger partial charge in [-0.15, -0.1) is 0 Å². The first-order valence-corrected chi connectivity index (χ1v) is 7.45. The maximum atomic E-state index is 12.6. The summed E-state index contributed by atoms with van der Waals surface area (Å²) in [6.07, 6.45) is 0. The third-order valence-electron chi connectivity index (χ3n) is 2.77. The maximum Gasteiger partial charge on any atom is 0.249 e. The Morgan fingerprint density at radius 2 is 2.10 bits per heavy atom. The summed E-state index contributed by atoms with van der Waals surface area (Å²) in [6, 6.07) is 4.84. The second kappa shape index (κ2) is 6.69. The van der Waals surface area contributed by atoms with E-state index in [2.05, 4.69) is 0 Å². The Morgan fingerprint density at radius 1 is 1.45 bits per heavy atom. The van der Waals surface area contributed by atoms with Gasteiger partial charge in [-0.1, -0.05) is 13.0 Å². The molecular weight excluding hydrogens is 282 g/mol. The van der Waals surface area contributed by atoms with Gasteiger partial charge in [0.1, 0.15) is 10.6 Å². The number of ether oxygens (including phenoxy) is 1. The molecule has 0 aliphatic heterocycles. The fraction of sp³-hybridized carbons (Fsp3) is 0.417. The van der Waals surface area contributed by atoms with Crippen molar-refractivity contribution in [1.82, 2.24) is 9.73 Å². The summed E-state index contributed by atoms with van der Waals surface area (Å²) in [5.74, 6) is 4.65. The molecule has 20 heavy (non-hydrogen) atoms. The molecule has 0 unspecified atom stereocenters. The van der Waals surface area contributed by atoms with E-state index in [1.54, 1.807) is 26.0 Å². The SMILES string of the molecule is CCN(CC(=O)NN)S(=O)(=O)c1cc(C)ccc1OC. The van der Waals surface area contributed by atoms with E-state index in [4.69, 9.17) is 10.6 Å². The normalized spacial score (nSPS) is 11.4. The topological polar surface area (TPSA) is 102 Å². The molecular formula is C12H19N3O4S. The fourth-order valence-corrected chi connectivity index (χ4v) is 3.34. The van der Waals surface area contributed by atoms with Gasteiger partial charge in [0.2, 0.25) is 15.9 Å². The average Bonchev–Trinajstić information content (AvgIpc) is 2.44. The highest BCUT2D eigenvalue weighted by Crippen LogP contribution is 2.27. The van der Waals surface area contributed by atoms with Crippen LogP contribution in [0.5, 0.6) is 5.75 Å². The van der Waals surface area contributed by atoms with Crippen molar-refractivity contribution >= 4 is 15.9 Å². The minimum Gasteiger partial charge on any atom is -0.495 e. The lowest BCUT2D eigenvalue weighted by Gasteiger charge is -2.21. The summed E-state index contributed by atoms with van der Waals surface area (Å²) >= 11 is 0. The van der Waals surface area contributed by atoms with Crippen molar-refractivity contribution in [3.8, 4) is 5.75 Å². The third kappa shape index (κ3) is 3.47. The van der Waals surface area contributed by atoms with Crippen LogP contribution in [0.4, 0.5) is 0 Å². The van der Waals surface area contributed by atoms with Gasteiger partial charge >= 0.3 is 0 Å². The van der Waals surface area contributed by atoms with Gasteiger partial charge in [-0.05, 0) is 24.6 Å². The molecule has 0 bridgehead atoms. The van der Waals surface area contributed by atoms with Gasteiger partial charge in [0.25, 0.3) is 0 Å². The number of likely N-dealkylation sites (N-methyl/N-ethyl adjacent to an activating group) is 1. The second-order valence-corrected chi connectivity index (χ2v) is 6.06. The van der Waals surface area contributed by atoms with Crippen LogP contribution in [0.15, 0.2) is 23.1 Å². The molecule has 1 amide bonds. The first kappa shape index (κ1) is 16.4. The minimum atomic E-state index is -3.83. The van der Waals surface area contributed by atoms with Crippen molar-refractivity contribution < 1.29 is 17.9 Å². The van der Waals surface area contributed by atoms with Crippen LogP contribution in [0, 0.1) is 6.92 Å². The van der Waals surface area contributed by atoms with Crippen LogP contribution in [0.1, 0.15) is 12.5 Å². The van der Waals surface area contributed by atoms with Gasteiger partial charge in [0.15, 0.2) is 0 Å². The summed E-state index contributed by atoms with van der Waals surface area (Å²) in [7, 11) is -2.43. The number of hydrazine groups is 1. The lowest BCUT2D eigenvalue weighted by atomic mass is 10.2. The van der Waals surface area contributed by atoms with Crippen molar-refractivity contribution in [3.05, 3.63) is 23.8 Å². The molecule has 1 rings (SSSR count). The van der Waals surface area contributed by atoms with Gasteiger partial charge < -0.3 is 4.74 Å². The number of nitrogens with one attached hydrogen (secondary N) is 1. The number of nitrogens with zero attached hydrogens (tertiary/aromatic N) is 1. The Morgan fingerprint density at radius 3 is 2.60 bits per heavy atom. The minimum absolute atomic E-state index is 0.0340. The van der Waals surface area contributed by atoms with E-state index in [0.717, 1.165) is 9.87 Å². The zero-order valence-corrected chi connectivity index (χ0v) is 12.5. The molecule has 0 aliphatic rings. The number of methoxy groups -OCH3 is 1. The summed E-state index contributed by atoms with van der Waals surface area (Å²) in [5.41, 5.74) is 2.70. The lowest BCUT2D eigenvalue weighted by molar-refractivity contribution is -0.121. The number of hydrogen-bond donors (Lipinski definition) is 2. The Kier molecular flexibility index (Phi) is 5.49. The number of carbonyl (C=O) groups is 1. The van der Waals surface area contributed by atoms with Crippen LogP contribution in [0.3, 0.4) is 0 Å². The summed E-state index contributed by atoms with van der Waals surface area (Å²) in [5, 5.41) is 0. The Labute approximate surface area is 118 Å². The lowest BCUT2D eigenvalue weighted by Crippen LogP contribution is -2.43. The van der Waals surface area contributed by atoms with Crippen LogP contribution in [0.2, 0.25) is 0 Å². The highest BCUT2D eigenvalue weighted by Gasteiger charge is 2.28. The highest BCUT2D eigenvalue weighted by molar-refractivity contribution is 7.89. The predicted molar refractivity (Wildman–Crippen MR) is 74.5 cm³/mol. The van der Waals surface area contributed by atoms with E-state index >= 15 is 0 Å². The monoisotopic (exact) mass is 301 g/mol. The molecule has 0 spiro atoms. The van der Waals surface area contributed by atoms with E-state index in [1.165, 1.54) is 13.2 Å². The molecule has 3 N–H and O–H groups in total. The number of nitrogens with two attached hydrogens (primary N) is 1. The number of sulfonamides is 1. The summed E-state index contributed by atoms with van der Waals surface area (Å²) in [6.45, 7) is 3.23. The van der Waals surface area contributed by atoms with Crippen molar-refractivity contribution in [2.75, 3.05) is 20.2 Å². The molecule has 7 nitrogen and oxygen atoms in total. The molecule has 1 aromatic rings. The summed E-state index contributed by atoms with van der Waals surface area (Å²) < 4.78 is 31.3. The molecule has 0 radical (unpaired) electrons. The van der Waals surface area contributed by atoms with Gasteiger partial charge in [-0.3, -0.25) is 10.2 Å². The zero-order chi connectivity index (χ0) is 15.3. The standard InChI is InChI=1S/C12H19N3O4S/c1-4-15(8-12(16)14-13)20(17,18)11-7-9(2)5-6-10(11)19-3/h5-7H,4,8,13H2,1-3H3,(H,14,16). The molecule has 0 fully saturated rings. The molecule has 0 aliphatic carbocycles. The van der Waals surface area contributed by atoms with Crippen LogP contribution in [-0.4, -0.2) is 38.8 Å². The van der Waals surface area contributed by atoms with E-state index in [-0.39, 0.29) is 23.7 Å². The largest absolute Gasteiger partial charge is 0.495 e. The van der Waals surface area contributed by atoms with Crippen molar-refractivity contribution in [2.45, 2.75) is 18.7 Å². The van der Waals surface area contributed by atoms with E-state index < -0.39 is 15.9 Å². The average molecular weight is 301 g/mol. The Bertz CT molecular complexity index is 586. The fourth-order valence-electron chi connectivity index (χ4n) is 1.70. The molecule has 0 aromatic heterocycles. The molecule has 0 heterocycles. The van der Waals surface area contributed by atoms with Crippen LogP contribution in [0.25, 0.3) is 0 Å². The van der Waals surface area contributed by atoms with Gasteiger partial charge in [0.05, 0.1) is 13.7 Å². The van der Waals surface area contributed by atoms with E-state index in [0.29, 0.717) is 0 Å². The number of amides is 1. The van der Waals surface area contributed by atoms with Crippen molar-refractivity contribution in [1.29, 1.82) is 0 Å². The third-order valence-corrected chi connectivity index (χ3v) is 4.71. The predicted octanol–water partition coefficient (Wildman–Crippen LogP) is 0.00412. The molecule has 112 valence electrons. The zero-order valence-electron chi connectivity index (χ0n) is 11.7. The Balaban J connectivity index is 3.26. The number of hydrogen-bond acceptors (Lipinski definition) is 5. The first-order chi connectivity index (χ1) is 9.36. The number of rotatable bonds is 6. The number of aryl methyl sites for hydroxylation is 1. The van der Waals surface area contributed by atoms with E-state index in [9.17, 15) is 13.2 Å².